The summed E-state index contributed by atoms with van der Waals surface area (Å²) in [4.78, 5) is 36.6. The molecule has 0 radical (unpaired) electrons. The van der Waals surface area contributed by atoms with Gasteiger partial charge in [0, 0.05) is 19.0 Å². The molecule has 150 valence electrons. The molecule has 0 atom stereocenters. The lowest BCUT2D eigenvalue weighted by Crippen LogP contribution is -2.49. The number of carbonyl (C=O) groups excluding carboxylic acids is 1. The van der Waals surface area contributed by atoms with Gasteiger partial charge in [0.1, 0.15) is 5.76 Å². The summed E-state index contributed by atoms with van der Waals surface area (Å²) >= 11 is 0. The molecule has 1 amide bonds. The molecule has 11 heteroatoms. The van der Waals surface area contributed by atoms with Gasteiger partial charge in [-0.25, -0.2) is 9.59 Å². The van der Waals surface area contributed by atoms with Crippen LogP contribution < -0.4 is 5.32 Å². The molecule has 0 aromatic carbocycles. The molecule has 2 fully saturated rings. The second-order valence-corrected chi connectivity index (χ2v) is 6.62. The molecule has 4 rings (SSSR count). The highest BCUT2D eigenvalue weighted by atomic mass is 16.5. The van der Waals surface area contributed by atoms with Gasteiger partial charge in [-0.2, -0.15) is 4.98 Å². The van der Waals surface area contributed by atoms with Gasteiger partial charge in [-0.3, -0.25) is 9.69 Å². The molecule has 11 nitrogen and oxygen atoms in total. The standard InChI is InChI=1S/C15H18N4O3.C2H2O4/c20-13(16-6-12-2-1-5-21-12)9-19-7-11(8-19)15-17-14(18-22-15)10-3-4-10;3-1(4)2(5)6/h1-2,5,10-11H,3-4,6-9H2,(H,16,20);(H,3,4)(H,5,6). The van der Waals surface area contributed by atoms with E-state index < -0.39 is 11.9 Å². The SMILES string of the molecule is O=C(CN1CC(c2nc(C3CC3)no2)C1)NCc1ccco1.O=C(O)C(=O)O. The zero-order chi connectivity index (χ0) is 20.1. The molecule has 1 saturated heterocycles. The molecule has 2 aliphatic rings. The number of amides is 1. The summed E-state index contributed by atoms with van der Waals surface area (Å²) in [6, 6.07) is 3.65. The van der Waals surface area contributed by atoms with Gasteiger partial charge in [0.15, 0.2) is 5.82 Å². The third-order valence-electron chi connectivity index (χ3n) is 4.30. The second-order valence-electron chi connectivity index (χ2n) is 6.62. The molecular formula is C17H20N4O7. The number of carbonyl (C=O) groups is 3. The quantitative estimate of drug-likeness (QED) is 0.588. The third kappa shape index (κ3) is 5.39. The first-order valence-corrected chi connectivity index (χ1v) is 8.73. The van der Waals surface area contributed by atoms with Crippen LogP contribution in [0.5, 0.6) is 0 Å². The fourth-order valence-corrected chi connectivity index (χ4v) is 2.63. The molecule has 0 spiro atoms. The number of carboxylic acids is 2. The van der Waals surface area contributed by atoms with Crippen LogP contribution in [-0.2, 0) is 20.9 Å². The van der Waals surface area contributed by atoms with Crippen LogP contribution in [0, 0.1) is 0 Å². The maximum atomic E-state index is 11.8. The van der Waals surface area contributed by atoms with Gasteiger partial charge in [-0.15, -0.1) is 0 Å². The van der Waals surface area contributed by atoms with Gasteiger partial charge in [-0.1, -0.05) is 5.16 Å². The summed E-state index contributed by atoms with van der Waals surface area (Å²) in [6.45, 7) is 2.40. The number of aliphatic carboxylic acids is 2. The van der Waals surface area contributed by atoms with E-state index >= 15 is 0 Å². The Kier molecular flexibility index (Phi) is 6.04. The number of furan rings is 1. The van der Waals surface area contributed by atoms with Gasteiger partial charge >= 0.3 is 11.9 Å². The Morgan fingerprint density at radius 3 is 2.46 bits per heavy atom. The number of carboxylic acid groups (broad SMARTS) is 2. The van der Waals surface area contributed by atoms with Crippen molar-refractivity contribution in [3.05, 3.63) is 35.9 Å². The van der Waals surface area contributed by atoms with Crippen LogP contribution in [0.2, 0.25) is 0 Å². The molecule has 3 heterocycles. The average Bonchev–Trinajstić information content (AvgIpc) is 3.14. The Morgan fingerprint density at radius 2 is 1.89 bits per heavy atom. The van der Waals surface area contributed by atoms with Crippen molar-refractivity contribution in [2.75, 3.05) is 19.6 Å². The van der Waals surface area contributed by atoms with E-state index in [9.17, 15) is 4.79 Å². The average molecular weight is 392 g/mol. The lowest BCUT2D eigenvalue weighted by molar-refractivity contribution is -0.159. The number of aromatic nitrogens is 2. The molecule has 0 unspecified atom stereocenters. The van der Waals surface area contributed by atoms with Crippen molar-refractivity contribution in [2.45, 2.75) is 31.2 Å². The van der Waals surface area contributed by atoms with Crippen LogP contribution in [0.25, 0.3) is 0 Å². The lowest BCUT2D eigenvalue weighted by atomic mass is 10.0. The van der Waals surface area contributed by atoms with Crippen molar-refractivity contribution in [2.24, 2.45) is 0 Å². The van der Waals surface area contributed by atoms with Crippen molar-refractivity contribution in [1.29, 1.82) is 0 Å². The van der Waals surface area contributed by atoms with E-state index in [1.807, 2.05) is 12.1 Å². The zero-order valence-corrected chi connectivity index (χ0v) is 14.9. The van der Waals surface area contributed by atoms with E-state index in [-0.39, 0.29) is 11.8 Å². The van der Waals surface area contributed by atoms with Gasteiger partial charge < -0.3 is 24.5 Å². The molecule has 0 bridgehead atoms. The highest BCUT2D eigenvalue weighted by Crippen LogP contribution is 2.39. The predicted molar refractivity (Wildman–Crippen MR) is 91.3 cm³/mol. The fourth-order valence-electron chi connectivity index (χ4n) is 2.63. The van der Waals surface area contributed by atoms with Crippen LogP contribution >= 0.6 is 0 Å². The van der Waals surface area contributed by atoms with Crippen LogP contribution in [0.1, 0.15) is 42.2 Å². The Hall–Kier alpha value is -3.21. The first kappa shape index (κ1) is 19.5. The Morgan fingerprint density at radius 1 is 1.18 bits per heavy atom. The Balaban J connectivity index is 0.000000330. The molecule has 1 aliphatic carbocycles. The van der Waals surface area contributed by atoms with Crippen LogP contribution in [0.4, 0.5) is 0 Å². The van der Waals surface area contributed by atoms with Crippen LogP contribution in [-0.4, -0.2) is 62.7 Å². The number of hydrogen-bond donors (Lipinski definition) is 3. The molecular weight excluding hydrogens is 372 g/mol. The summed E-state index contributed by atoms with van der Waals surface area (Å²) in [5.41, 5.74) is 0. The number of nitrogens with one attached hydrogen (secondary N) is 1. The van der Waals surface area contributed by atoms with Crippen LogP contribution in [0.3, 0.4) is 0 Å². The van der Waals surface area contributed by atoms with Gasteiger partial charge in [-0.05, 0) is 25.0 Å². The topological polar surface area (TPSA) is 159 Å². The van der Waals surface area contributed by atoms with Crippen molar-refractivity contribution in [1.82, 2.24) is 20.4 Å². The number of hydrogen-bond acceptors (Lipinski definition) is 8. The smallest absolute Gasteiger partial charge is 0.414 e. The Bertz CT molecular complexity index is 810. The Labute approximate surface area is 159 Å². The summed E-state index contributed by atoms with van der Waals surface area (Å²) in [6.07, 6.45) is 3.94. The monoisotopic (exact) mass is 392 g/mol. The van der Waals surface area contributed by atoms with E-state index in [1.54, 1.807) is 6.26 Å². The van der Waals surface area contributed by atoms with E-state index in [1.165, 1.54) is 12.8 Å². The van der Waals surface area contributed by atoms with E-state index in [0.717, 1.165) is 24.7 Å². The maximum absolute atomic E-state index is 11.8. The van der Waals surface area contributed by atoms with Gasteiger partial charge in [0.05, 0.1) is 25.3 Å². The maximum Gasteiger partial charge on any atom is 0.414 e. The molecule has 1 saturated carbocycles. The molecule has 2 aromatic rings. The van der Waals surface area contributed by atoms with Crippen molar-refractivity contribution in [3.63, 3.8) is 0 Å². The minimum absolute atomic E-state index is 0.000881. The van der Waals surface area contributed by atoms with Crippen molar-refractivity contribution >= 4 is 17.8 Å². The van der Waals surface area contributed by atoms with Crippen molar-refractivity contribution in [3.8, 4) is 0 Å². The highest BCUT2D eigenvalue weighted by molar-refractivity contribution is 6.27. The zero-order valence-electron chi connectivity index (χ0n) is 14.9. The minimum atomic E-state index is -1.82. The summed E-state index contributed by atoms with van der Waals surface area (Å²) in [5.74, 6) is -0.546. The van der Waals surface area contributed by atoms with E-state index in [4.69, 9.17) is 28.7 Å². The summed E-state index contributed by atoms with van der Waals surface area (Å²) in [7, 11) is 0. The summed E-state index contributed by atoms with van der Waals surface area (Å²) < 4.78 is 10.5. The second kappa shape index (κ2) is 8.65. The predicted octanol–water partition coefficient (Wildman–Crippen LogP) is 0.411. The first-order chi connectivity index (χ1) is 13.4. The lowest BCUT2D eigenvalue weighted by Gasteiger charge is -2.36. The number of likely N-dealkylation sites (tertiary alicyclic amines) is 1. The first-order valence-electron chi connectivity index (χ1n) is 8.73. The van der Waals surface area contributed by atoms with E-state index in [2.05, 4.69) is 20.4 Å². The largest absolute Gasteiger partial charge is 0.473 e. The molecule has 2 aromatic heterocycles. The van der Waals surface area contributed by atoms with Gasteiger partial charge in [0.2, 0.25) is 11.8 Å². The summed E-state index contributed by atoms with van der Waals surface area (Å²) in [5, 5.41) is 21.7. The van der Waals surface area contributed by atoms with Crippen molar-refractivity contribution < 1.29 is 33.5 Å². The molecule has 3 N–H and O–H groups in total. The van der Waals surface area contributed by atoms with Gasteiger partial charge in [0.25, 0.3) is 0 Å². The third-order valence-corrected chi connectivity index (χ3v) is 4.30. The number of nitrogens with zero attached hydrogens (tertiary/aromatic N) is 3. The fraction of sp³-hybridized carbons (Fsp3) is 0.471. The highest BCUT2D eigenvalue weighted by Gasteiger charge is 2.35. The normalized spacial score (nSPS) is 16.6. The minimum Gasteiger partial charge on any atom is -0.473 e. The molecule has 1 aliphatic heterocycles. The van der Waals surface area contributed by atoms with E-state index in [0.29, 0.717) is 24.9 Å². The van der Waals surface area contributed by atoms with Crippen LogP contribution in [0.15, 0.2) is 27.3 Å². The molecule has 28 heavy (non-hydrogen) atoms. The number of rotatable bonds is 6.